The van der Waals surface area contributed by atoms with Gasteiger partial charge in [0, 0.05) is 11.4 Å². The Morgan fingerprint density at radius 3 is 2.44 bits per heavy atom. The van der Waals surface area contributed by atoms with Gasteiger partial charge in [-0.25, -0.2) is 13.4 Å². The number of hydrogen-bond donors (Lipinski definition) is 0. The number of aromatic nitrogens is 2. The van der Waals surface area contributed by atoms with Crippen LogP contribution in [0.2, 0.25) is 9.36 Å². The van der Waals surface area contributed by atoms with Crippen molar-refractivity contribution in [3.05, 3.63) is 85.7 Å². The van der Waals surface area contributed by atoms with E-state index in [2.05, 4.69) is 4.98 Å². The van der Waals surface area contributed by atoms with Crippen LogP contribution in [0.1, 0.15) is 11.4 Å². The largest absolute Gasteiger partial charge is 0.298 e. The molecule has 0 aliphatic carbocycles. The lowest BCUT2D eigenvalue weighted by Crippen LogP contribution is -2.22. The molecule has 0 amide bonds. The lowest BCUT2D eigenvalue weighted by Gasteiger charge is -2.11. The highest BCUT2D eigenvalue weighted by Crippen LogP contribution is 2.26. The van der Waals surface area contributed by atoms with Crippen LogP contribution in [-0.4, -0.2) is 29.5 Å². The highest BCUT2D eigenvalue weighted by molar-refractivity contribution is 7.94. The monoisotopic (exact) mass is 506 g/mol. The quantitative estimate of drug-likeness (QED) is 0.379. The summed E-state index contributed by atoms with van der Waals surface area (Å²) in [6.45, 7) is 1.73. The zero-order valence-electron chi connectivity index (χ0n) is 16.7. The number of benzene rings is 2. The molecule has 164 valence electrons. The fourth-order valence-electron chi connectivity index (χ4n) is 3.36. The molecule has 0 bridgehead atoms. The third-order valence-corrected chi connectivity index (χ3v) is 8.52. The van der Waals surface area contributed by atoms with E-state index in [1.54, 1.807) is 49.4 Å². The van der Waals surface area contributed by atoms with Gasteiger partial charge in [0.1, 0.15) is 15.8 Å². The second-order valence-corrected chi connectivity index (χ2v) is 11.5. The Kier molecular flexibility index (Phi) is 6.22. The Hall–Kier alpha value is -2.52. The topological polar surface area (TPSA) is 86.1 Å². The van der Waals surface area contributed by atoms with Crippen molar-refractivity contribution in [2.24, 2.45) is 0 Å². The summed E-state index contributed by atoms with van der Waals surface area (Å²) in [6.07, 6.45) is -0.0436. The Bertz CT molecular complexity index is 1510. The van der Waals surface area contributed by atoms with Gasteiger partial charge in [0.2, 0.25) is 0 Å². The number of carbonyl (C=O) groups is 1. The Labute approximate surface area is 198 Å². The third-order valence-electron chi connectivity index (χ3n) is 4.80. The molecule has 0 aliphatic rings. The molecular formula is C22H16Cl2N2O4S2. The van der Waals surface area contributed by atoms with Crippen molar-refractivity contribution in [1.29, 1.82) is 0 Å². The highest BCUT2D eigenvalue weighted by Gasteiger charge is 2.21. The van der Waals surface area contributed by atoms with Crippen LogP contribution in [0.4, 0.5) is 0 Å². The molecule has 2 heterocycles. The van der Waals surface area contributed by atoms with Crippen LogP contribution in [0.5, 0.6) is 0 Å². The first-order chi connectivity index (χ1) is 15.1. The van der Waals surface area contributed by atoms with Crippen LogP contribution in [0.3, 0.4) is 0 Å². The van der Waals surface area contributed by atoms with E-state index in [-0.39, 0.29) is 16.2 Å². The van der Waals surface area contributed by atoms with Crippen molar-refractivity contribution in [2.75, 3.05) is 5.75 Å². The third kappa shape index (κ3) is 4.63. The van der Waals surface area contributed by atoms with Gasteiger partial charge in [-0.15, -0.1) is 11.3 Å². The Morgan fingerprint density at radius 2 is 1.78 bits per heavy atom. The number of fused-ring (bicyclic) bond motifs is 1. The predicted octanol–water partition coefficient (Wildman–Crippen LogP) is 4.65. The zero-order chi connectivity index (χ0) is 23.0. The molecule has 0 atom stereocenters. The summed E-state index contributed by atoms with van der Waals surface area (Å²) in [5.74, 6) is -0.522. The van der Waals surface area contributed by atoms with Crippen LogP contribution in [0.25, 0.3) is 16.6 Å². The summed E-state index contributed by atoms with van der Waals surface area (Å²) < 4.78 is 26.6. The number of aryl methyl sites for hydroxylation is 1. The van der Waals surface area contributed by atoms with Crippen LogP contribution in [-0.2, 0) is 21.1 Å². The predicted molar refractivity (Wildman–Crippen MR) is 127 cm³/mol. The SMILES string of the molecule is Cc1nc2ccc(Cl)cc2c(=O)n1-c1ccc(CC(=O)CS(=O)(=O)c2ccc(Cl)s2)cc1. The average Bonchev–Trinajstić information content (AvgIpc) is 3.17. The Balaban J connectivity index is 1.56. The number of nitrogens with zero attached hydrogens (tertiary/aromatic N) is 2. The molecule has 10 heteroatoms. The maximum absolute atomic E-state index is 13.0. The van der Waals surface area contributed by atoms with Crippen LogP contribution < -0.4 is 5.56 Å². The maximum Gasteiger partial charge on any atom is 0.266 e. The van der Waals surface area contributed by atoms with Crippen molar-refractivity contribution >= 4 is 61.1 Å². The molecule has 0 radical (unpaired) electrons. The highest BCUT2D eigenvalue weighted by atomic mass is 35.5. The second-order valence-electron chi connectivity index (χ2n) is 7.16. The molecule has 0 fully saturated rings. The summed E-state index contributed by atoms with van der Waals surface area (Å²) >= 11 is 12.7. The van der Waals surface area contributed by atoms with Crippen molar-refractivity contribution in [1.82, 2.24) is 9.55 Å². The molecular weight excluding hydrogens is 491 g/mol. The summed E-state index contributed by atoms with van der Waals surface area (Å²) in [7, 11) is -3.73. The van der Waals surface area contributed by atoms with Gasteiger partial charge >= 0.3 is 0 Å². The Morgan fingerprint density at radius 1 is 1.06 bits per heavy atom. The van der Waals surface area contributed by atoms with Gasteiger partial charge in [-0.2, -0.15) is 0 Å². The molecule has 0 aliphatic heterocycles. The van der Waals surface area contributed by atoms with E-state index in [1.807, 2.05) is 0 Å². The van der Waals surface area contributed by atoms with Crippen LogP contribution in [0, 0.1) is 6.92 Å². The van der Waals surface area contributed by atoms with E-state index in [0.29, 0.717) is 37.3 Å². The molecule has 6 nitrogen and oxygen atoms in total. The second kappa shape index (κ2) is 8.78. The molecule has 0 saturated heterocycles. The fourth-order valence-corrected chi connectivity index (χ4v) is 6.35. The molecule has 4 aromatic rings. The van der Waals surface area contributed by atoms with Gasteiger partial charge in [-0.1, -0.05) is 35.3 Å². The first-order valence-electron chi connectivity index (χ1n) is 9.42. The number of halogens is 2. The number of thiophene rings is 1. The lowest BCUT2D eigenvalue weighted by molar-refractivity contribution is -0.116. The van der Waals surface area contributed by atoms with Crippen molar-refractivity contribution in [3.63, 3.8) is 0 Å². The van der Waals surface area contributed by atoms with E-state index >= 15 is 0 Å². The van der Waals surface area contributed by atoms with Gasteiger partial charge < -0.3 is 0 Å². The standard InChI is InChI=1S/C22H16Cl2N2O4S2/c1-13-25-19-7-4-15(23)11-18(19)22(28)26(13)16-5-2-14(3-6-16)10-17(27)12-32(29,30)21-9-8-20(24)31-21/h2-9,11H,10,12H2,1H3. The minimum atomic E-state index is -3.73. The molecule has 4 rings (SSSR count). The normalized spacial score (nSPS) is 11.7. The minimum absolute atomic E-state index is 0.0436. The average molecular weight is 507 g/mol. The molecule has 0 N–H and O–H groups in total. The molecule has 2 aromatic carbocycles. The smallest absolute Gasteiger partial charge is 0.266 e. The molecule has 0 saturated carbocycles. The molecule has 0 spiro atoms. The number of hydrogen-bond acceptors (Lipinski definition) is 6. The zero-order valence-corrected chi connectivity index (χ0v) is 19.9. The van der Waals surface area contributed by atoms with Gasteiger partial charge in [0.05, 0.1) is 20.9 Å². The van der Waals surface area contributed by atoms with Crippen molar-refractivity contribution < 1.29 is 13.2 Å². The summed E-state index contributed by atoms with van der Waals surface area (Å²) in [5.41, 5.74) is 1.53. The minimum Gasteiger partial charge on any atom is -0.298 e. The van der Waals surface area contributed by atoms with E-state index in [4.69, 9.17) is 23.2 Å². The van der Waals surface area contributed by atoms with E-state index in [9.17, 15) is 18.0 Å². The van der Waals surface area contributed by atoms with Crippen molar-refractivity contribution in [2.45, 2.75) is 17.6 Å². The molecule has 32 heavy (non-hydrogen) atoms. The van der Waals surface area contributed by atoms with Gasteiger partial charge in [-0.3, -0.25) is 14.2 Å². The van der Waals surface area contributed by atoms with Crippen LogP contribution in [0.15, 0.2) is 63.6 Å². The first kappa shape index (κ1) is 22.7. The number of sulfone groups is 1. The van der Waals surface area contributed by atoms with Crippen molar-refractivity contribution in [3.8, 4) is 5.69 Å². The fraction of sp³-hybridized carbons (Fsp3) is 0.136. The lowest BCUT2D eigenvalue weighted by atomic mass is 10.1. The van der Waals surface area contributed by atoms with E-state index in [1.165, 1.54) is 16.7 Å². The van der Waals surface area contributed by atoms with Gasteiger partial charge in [0.25, 0.3) is 5.56 Å². The van der Waals surface area contributed by atoms with Crippen LogP contribution >= 0.6 is 34.5 Å². The molecule has 2 aromatic heterocycles. The number of rotatable bonds is 6. The number of ketones is 1. The van der Waals surface area contributed by atoms with E-state index < -0.39 is 21.4 Å². The summed E-state index contributed by atoms with van der Waals surface area (Å²) in [4.78, 5) is 29.8. The summed E-state index contributed by atoms with van der Waals surface area (Å²) in [5, 5.41) is 0.849. The number of Topliss-reactive ketones (excluding diaryl/α,β-unsaturated/α-hetero) is 1. The van der Waals surface area contributed by atoms with Gasteiger partial charge in [0.15, 0.2) is 15.6 Å². The van der Waals surface area contributed by atoms with Gasteiger partial charge in [-0.05, 0) is 55.0 Å². The first-order valence-corrected chi connectivity index (χ1v) is 12.6. The molecule has 0 unspecified atom stereocenters. The van der Waals surface area contributed by atoms with E-state index in [0.717, 1.165) is 11.3 Å². The maximum atomic E-state index is 13.0. The number of carbonyl (C=O) groups excluding carboxylic acids is 1. The summed E-state index contributed by atoms with van der Waals surface area (Å²) in [6, 6.07) is 14.6.